The highest BCUT2D eigenvalue weighted by Gasteiger charge is 2.27. The van der Waals surface area contributed by atoms with E-state index >= 15 is 0 Å². The maximum atomic E-state index is 11.0. The Morgan fingerprint density at radius 3 is 0.352 bits per heavy atom. The number of carbonyl (C=O) groups is 6. The van der Waals surface area contributed by atoms with Crippen LogP contribution in [0.3, 0.4) is 0 Å². The Balaban J connectivity index is -0.000000155. The van der Waals surface area contributed by atoms with Gasteiger partial charge in [0.15, 0.2) is 0 Å². The normalized spacial score (nSPS) is 9.11. The van der Waals surface area contributed by atoms with E-state index in [4.69, 9.17) is 0 Å². The topological polar surface area (TPSA) is 340 Å². The van der Waals surface area contributed by atoms with Gasteiger partial charge >= 0.3 is 0 Å². The number of carboxylic acids is 6. The molecule has 0 fully saturated rings. The van der Waals surface area contributed by atoms with E-state index in [-0.39, 0.29) is 0 Å². The van der Waals surface area contributed by atoms with E-state index in [1.165, 1.54) is 78.5 Å². The fourth-order valence-corrected chi connectivity index (χ4v) is 3.71. The molecule has 0 unspecified atom stereocenters. The first-order chi connectivity index (χ1) is 25.4. The molecule has 0 atom stereocenters. The Morgan fingerprint density at radius 1 is 0.259 bits per heavy atom. The van der Waals surface area contributed by atoms with Gasteiger partial charge in [0.2, 0.25) is 0 Å². The third kappa shape index (κ3) is 33.6. The molecule has 1 rings (SSSR count). The van der Waals surface area contributed by atoms with Crippen molar-refractivity contribution in [2.45, 2.75) is 83.1 Å². The quantitative estimate of drug-likeness (QED) is 0.0809. The van der Waals surface area contributed by atoms with Gasteiger partial charge in [0, 0.05) is 33.4 Å². The van der Waals surface area contributed by atoms with Crippen molar-refractivity contribution < 1.29 is 91.3 Å². The molecule has 54 heavy (non-hydrogen) atoms. The third-order valence-electron chi connectivity index (χ3n) is 6.19. The summed E-state index contributed by atoms with van der Waals surface area (Å²) in [7, 11) is 0. The summed E-state index contributed by atoms with van der Waals surface area (Å²) in [5, 5.41) is 79.5. The third-order valence-corrected chi connectivity index (χ3v) is 6.19. The molecule has 18 nitrogen and oxygen atoms in total. The van der Waals surface area contributed by atoms with E-state index < -0.39 is 69.2 Å². The molecule has 0 amide bonds. The van der Waals surface area contributed by atoms with Crippen LogP contribution in [-0.2, 0) is 0 Å². The maximum Gasteiger partial charge on any atom is 0.0729 e. The van der Waals surface area contributed by atoms with Crippen LogP contribution in [0.25, 0.3) is 0 Å². The predicted octanol–water partition coefficient (Wildman–Crippen LogP) is -10.6. The monoisotopic (exact) mass is 781 g/mol. The van der Waals surface area contributed by atoms with Crippen LogP contribution in [-0.4, -0.2) is 114 Å². The van der Waals surface area contributed by atoms with Gasteiger partial charge in [-0.1, -0.05) is 0 Å². The van der Waals surface area contributed by atoms with E-state index in [1.54, 1.807) is 0 Å². The molecule has 0 heterocycles. The van der Waals surface area contributed by atoms with Crippen LogP contribution in [0.4, 0.5) is 0 Å². The Hall–Kier alpha value is -4.20. The second-order valence-corrected chi connectivity index (χ2v) is 10.6. The smallest absolute Gasteiger partial charge is 0.0729 e. The number of hydrogen-bond acceptors (Lipinski definition) is 12. The summed E-state index contributed by atoms with van der Waals surface area (Å²) in [5.74, 6) is -16.0. The standard InChI is InChI=1S/C12H6O12.6C4H11N/c13-7(14)1-2(8(15)16)4(10(19)20)6(12(23)24)5(11(21)22)3(1)9(17)18;6*1-3-5-4-2/h(H,13,14)(H,15,16)(H,17,18)(H,19,20)(H,21,22)(H,23,24);6*5H,3-4H2,1-2H3. The molecule has 318 valence electrons. The summed E-state index contributed by atoms with van der Waals surface area (Å²) < 4.78 is 0. The van der Waals surface area contributed by atoms with Crippen LogP contribution in [0, 0.1) is 0 Å². The molecule has 12 N–H and O–H groups in total. The summed E-state index contributed by atoms with van der Waals surface area (Å²) >= 11 is 0. The van der Waals surface area contributed by atoms with Crippen molar-refractivity contribution in [2.75, 3.05) is 78.5 Å². The molecule has 0 saturated heterocycles. The van der Waals surface area contributed by atoms with Gasteiger partial charge in [-0.2, -0.15) is 0 Å². The maximum absolute atomic E-state index is 11.0. The molecular weight excluding hydrogens is 708 g/mol. The minimum Gasteiger partial charge on any atom is -0.545 e. The van der Waals surface area contributed by atoms with Crippen LogP contribution < -0.4 is 62.5 Å². The highest BCUT2D eigenvalue weighted by Crippen LogP contribution is 2.27. The molecule has 0 aliphatic rings. The van der Waals surface area contributed by atoms with E-state index in [0.29, 0.717) is 0 Å². The Bertz CT molecular complexity index is 895. The molecule has 0 radical (unpaired) electrons. The number of rotatable bonds is 18. The first kappa shape index (κ1) is 61.8. The van der Waals surface area contributed by atoms with Gasteiger partial charge in [-0.05, 0) is 83.1 Å². The number of carbonyl (C=O) groups excluding carboxylic acids is 6. The molecule has 18 heteroatoms. The van der Waals surface area contributed by atoms with Crippen LogP contribution in [0.1, 0.15) is 145 Å². The number of benzene rings is 1. The minimum atomic E-state index is -2.66. The van der Waals surface area contributed by atoms with Crippen LogP contribution >= 0.6 is 0 Å². The van der Waals surface area contributed by atoms with E-state index in [0.717, 1.165) is 0 Å². The summed E-state index contributed by atoms with van der Waals surface area (Å²) in [6.45, 7) is 40.5. The molecule has 0 aliphatic heterocycles. The highest BCUT2D eigenvalue weighted by molar-refractivity contribution is 6.21. The van der Waals surface area contributed by atoms with Crippen molar-refractivity contribution in [2.24, 2.45) is 0 Å². The Labute approximate surface area is 321 Å². The molecular formula is C36H72N6O12. The van der Waals surface area contributed by atoms with Gasteiger partial charge in [-0.25, -0.2) is 0 Å². The number of nitrogens with two attached hydrogens (primary N) is 6. The molecule has 0 saturated carbocycles. The van der Waals surface area contributed by atoms with Gasteiger partial charge in [-0.3, -0.25) is 0 Å². The summed E-state index contributed by atoms with van der Waals surface area (Å²) in [6.07, 6.45) is 0. The Morgan fingerprint density at radius 2 is 0.333 bits per heavy atom. The highest BCUT2D eigenvalue weighted by atomic mass is 16.4. The van der Waals surface area contributed by atoms with Crippen molar-refractivity contribution in [3.8, 4) is 0 Å². The van der Waals surface area contributed by atoms with E-state index in [2.05, 4.69) is 115 Å². The fraction of sp³-hybridized carbons (Fsp3) is 0.667. The average molecular weight is 781 g/mol. The lowest BCUT2D eigenvalue weighted by Crippen LogP contribution is -2.82. The fourth-order valence-electron chi connectivity index (χ4n) is 3.71. The molecule has 0 aliphatic carbocycles. The lowest BCUT2D eigenvalue weighted by Gasteiger charge is -2.28. The Kier molecular flexibility index (Phi) is 51.5. The SMILES string of the molecule is CC[NH2+]CC.CC[NH2+]CC.CC[NH2+]CC.CC[NH2+]CC.CC[NH2+]CC.CC[NH2+]CC.O=C([O-])c1c(C(=O)[O-])c(C(=O)[O-])c(C(=O)[O-])c(C(=O)[O-])c1C(=O)[O-]. The predicted molar refractivity (Wildman–Crippen MR) is 190 cm³/mol. The lowest BCUT2D eigenvalue weighted by atomic mass is 9.86. The van der Waals surface area contributed by atoms with Crippen molar-refractivity contribution in [3.05, 3.63) is 33.4 Å². The summed E-state index contributed by atoms with van der Waals surface area (Å²) in [6, 6.07) is 0. The molecule has 0 bridgehead atoms. The minimum absolute atomic E-state index is 1.22. The van der Waals surface area contributed by atoms with Crippen molar-refractivity contribution in [3.63, 3.8) is 0 Å². The summed E-state index contributed by atoms with van der Waals surface area (Å²) in [5.41, 5.74) is -12.0. The zero-order valence-corrected chi connectivity index (χ0v) is 34.8. The van der Waals surface area contributed by atoms with Crippen molar-refractivity contribution in [1.29, 1.82) is 0 Å². The number of quaternary nitrogens is 6. The lowest BCUT2D eigenvalue weighted by molar-refractivity contribution is -0.648. The molecule has 0 spiro atoms. The molecule has 1 aromatic carbocycles. The number of aromatic carboxylic acids is 6. The van der Waals surface area contributed by atoms with Gasteiger partial charge in [0.25, 0.3) is 0 Å². The zero-order valence-electron chi connectivity index (χ0n) is 34.8. The number of hydrogen-bond donors (Lipinski definition) is 6. The molecule has 0 aromatic heterocycles. The van der Waals surface area contributed by atoms with E-state index in [9.17, 15) is 59.4 Å². The summed E-state index contributed by atoms with van der Waals surface area (Å²) in [4.78, 5) is 66.0. The van der Waals surface area contributed by atoms with Gasteiger partial charge < -0.3 is 91.3 Å². The van der Waals surface area contributed by atoms with Gasteiger partial charge in [0.05, 0.1) is 114 Å². The average Bonchev–Trinajstić information content (AvgIpc) is 3.10. The van der Waals surface area contributed by atoms with Crippen molar-refractivity contribution in [1.82, 2.24) is 0 Å². The van der Waals surface area contributed by atoms with Crippen LogP contribution in [0.2, 0.25) is 0 Å². The largest absolute Gasteiger partial charge is 0.545 e. The second kappa shape index (κ2) is 45.0. The zero-order chi connectivity index (χ0) is 43.7. The van der Waals surface area contributed by atoms with Gasteiger partial charge in [0.1, 0.15) is 0 Å². The second-order valence-electron chi connectivity index (χ2n) is 10.6. The van der Waals surface area contributed by atoms with Crippen LogP contribution in [0.15, 0.2) is 0 Å². The number of carboxylic acid groups (broad SMARTS) is 6. The van der Waals surface area contributed by atoms with Gasteiger partial charge in [-0.15, -0.1) is 0 Å². The first-order valence-corrected chi connectivity index (χ1v) is 18.8. The van der Waals surface area contributed by atoms with Crippen molar-refractivity contribution >= 4 is 35.8 Å². The van der Waals surface area contributed by atoms with E-state index in [1.807, 2.05) is 0 Å². The first-order valence-electron chi connectivity index (χ1n) is 18.8. The van der Waals surface area contributed by atoms with Crippen LogP contribution in [0.5, 0.6) is 0 Å². The molecule has 1 aromatic rings.